The molecule has 0 amide bonds. The van der Waals surface area contributed by atoms with E-state index in [1.54, 1.807) is 6.33 Å². The first-order valence-corrected chi connectivity index (χ1v) is 6.14. The van der Waals surface area contributed by atoms with Crippen molar-refractivity contribution in [3.63, 3.8) is 0 Å². The molecule has 1 fully saturated rings. The van der Waals surface area contributed by atoms with Gasteiger partial charge in [0.2, 0.25) is 0 Å². The molecule has 1 aromatic rings. The highest BCUT2D eigenvalue weighted by atomic mass is 15.0. The molecule has 1 unspecified atom stereocenters. The summed E-state index contributed by atoms with van der Waals surface area (Å²) in [6, 6.07) is 2.03. The van der Waals surface area contributed by atoms with Crippen LogP contribution >= 0.6 is 0 Å². The highest BCUT2D eigenvalue weighted by molar-refractivity contribution is 5.34. The van der Waals surface area contributed by atoms with Gasteiger partial charge >= 0.3 is 0 Å². The van der Waals surface area contributed by atoms with Gasteiger partial charge in [-0.05, 0) is 38.3 Å². The van der Waals surface area contributed by atoms with Gasteiger partial charge in [-0.2, -0.15) is 0 Å². The van der Waals surface area contributed by atoms with E-state index in [0.29, 0.717) is 0 Å². The first kappa shape index (κ1) is 11.3. The van der Waals surface area contributed by atoms with E-state index in [2.05, 4.69) is 27.5 Å². The van der Waals surface area contributed by atoms with Gasteiger partial charge in [-0.3, -0.25) is 0 Å². The summed E-state index contributed by atoms with van der Waals surface area (Å²) in [5, 5.41) is 6.75. The fraction of sp³-hybridized carbons (Fsp3) is 0.667. The maximum absolute atomic E-state index is 4.21. The van der Waals surface area contributed by atoms with Gasteiger partial charge in [0.05, 0.1) is 0 Å². The number of nitrogens with one attached hydrogen (secondary N) is 2. The molecule has 2 heterocycles. The maximum atomic E-state index is 4.21. The minimum Gasteiger partial charge on any atom is -0.370 e. The smallest absolute Gasteiger partial charge is 0.129 e. The van der Waals surface area contributed by atoms with Crippen LogP contribution in [0.4, 0.5) is 5.82 Å². The summed E-state index contributed by atoms with van der Waals surface area (Å²) >= 11 is 0. The van der Waals surface area contributed by atoms with Gasteiger partial charge in [-0.15, -0.1) is 0 Å². The Morgan fingerprint density at radius 2 is 2.44 bits per heavy atom. The summed E-state index contributed by atoms with van der Waals surface area (Å²) in [5.41, 5.74) is 1.10. The third-order valence-electron chi connectivity index (χ3n) is 3.11. The summed E-state index contributed by atoms with van der Waals surface area (Å²) < 4.78 is 0. The molecule has 0 aliphatic carbocycles. The zero-order chi connectivity index (χ0) is 11.2. The van der Waals surface area contributed by atoms with E-state index < -0.39 is 0 Å². The number of nitrogens with zero attached hydrogens (tertiary/aromatic N) is 2. The summed E-state index contributed by atoms with van der Waals surface area (Å²) in [6.07, 6.45) is 5.13. The van der Waals surface area contributed by atoms with E-state index >= 15 is 0 Å². The Bertz CT molecular complexity index is 321. The molecule has 2 rings (SSSR count). The van der Waals surface area contributed by atoms with E-state index in [1.165, 1.54) is 25.9 Å². The Kier molecular flexibility index (Phi) is 4.10. The van der Waals surface area contributed by atoms with Gasteiger partial charge in [0.1, 0.15) is 12.1 Å². The molecule has 1 saturated heterocycles. The Balaban J connectivity index is 1.75. The van der Waals surface area contributed by atoms with Crippen LogP contribution < -0.4 is 10.6 Å². The fourth-order valence-electron chi connectivity index (χ4n) is 2.05. The van der Waals surface area contributed by atoms with Gasteiger partial charge in [0.25, 0.3) is 0 Å². The van der Waals surface area contributed by atoms with Gasteiger partial charge in [0.15, 0.2) is 0 Å². The van der Waals surface area contributed by atoms with E-state index in [1.807, 2.05) is 6.07 Å². The zero-order valence-corrected chi connectivity index (χ0v) is 9.87. The van der Waals surface area contributed by atoms with Crippen LogP contribution in [0.2, 0.25) is 0 Å². The quantitative estimate of drug-likeness (QED) is 0.788. The second-order valence-corrected chi connectivity index (χ2v) is 4.32. The van der Waals surface area contributed by atoms with Crippen LogP contribution in [-0.2, 0) is 6.42 Å². The van der Waals surface area contributed by atoms with Crippen LogP contribution in [0.1, 0.15) is 25.5 Å². The normalized spacial score (nSPS) is 19.9. The van der Waals surface area contributed by atoms with Crippen molar-refractivity contribution < 1.29 is 0 Å². The monoisotopic (exact) mass is 220 g/mol. The van der Waals surface area contributed by atoms with Gasteiger partial charge in [-0.25, -0.2) is 9.97 Å². The van der Waals surface area contributed by atoms with E-state index in [0.717, 1.165) is 30.4 Å². The average molecular weight is 220 g/mol. The molecule has 4 heteroatoms. The molecule has 0 bridgehead atoms. The average Bonchev–Trinajstić information content (AvgIpc) is 2.82. The number of hydrogen-bond acceptors (Lipinski definition) is 4. The molecule has 1 atom stereocenters. The Morgan fingerprint density at radius 3 is 3.19 bits per heavy atom. The topological polar surface area (TPSA) is 49.8 Å². The number of rotatable bonds is 5. The van der Waals surface area contributed by atoms with Crippen molar-refractivity contribution in [3.05, 3.63) is 18.1 Å². The van der Waals surface area contributed by atoms with Gasteiger partial charge < -0.3 is 10.6 Å². The van der Waals surface area contributed by atoms with Crippen molar-refractivity contribution in [1.82, 2.24) is 15.3 Å². The van der Waals surface area contributed by atoms with Crippen molar-refractivity contribution in [3.8, 4) is 0 Å². The lowest BCUT2D eigenvalue weighted by Gasteiger charge is -2.09. The van der Waals surface area contributed by atoms with Crippen LogP contribution in [0.15, 0.2) is 12.4 Å². The van der Waals surface area contributed by atoms with Crippen molar-refractivity contribution in [1.29, 1.82) is 0 Å². The van der Waals surface area contributed by atoms with Gasteiger partial charge in [-0.1, -0.05) is 6.92 Å². The lowest BCUT2D eigenvalue weighted by Crippen LogP contribution is -2.13. The second kappa shape index (κ2) is 5.80. The lowest BCUT2D eigenvalue weighted by molar-refractivity contribution is 0.549. The SMILES string of the molecule is CCc1cc(NCCC2CCNC2)ncn1. The van der Waals surface area contributed by atoms with Crippen molar-refractivity contribution >= 4 is 5.82 Å². The highest BCUT2D eigenvalue weighted by Gasteiger charge is 2.13. The summed E-state index contributed by atoms with van der Waals surface area (Å²) in [5.74, 6) is 1.79. The molecule has 0 saturated carbocycles. The highest BCUT2D eigenvalue weighted by Crippen LogP contribution is 2.12. The molecule has 1 aliphatic rings. The molecule has 0 aromatic carbocycles. The molecule has 16 heavy (non-hydrogen) atoms. The predicted octanol–water partition coefficient (Wildman–Crippen LogP) is 1.45. The summed E-state index contributed by atoms with van der Waals surface area (Å²) in [4.78, 5) is 8.40. The second-order valence-electron chi connectivity index (χ2n) is 4.32. The van der Waals surface area contributed by atoms with Crippen molar-refractivity contribution in [2.75, 3.05) is 25.0 Å². The number of aromatic nitrogens is 2. The van der Waals surface area contributed by atoms with Crippen LogP contribution in [0.5, 0.6) is 0 Å². The van der Waals surface area contributed by atoms with Crippen molar-refractivity contribution in [2.24, 2.45) is 5.92 Å². The minimum absolute atomic E-state index is 0.833. The molecule has 0 spiro atoms. The first-order chi connectivity index (χ1) is 7.88. The van der Waals surface area contributed by atoms with Gasteiger partial charge in [0, 0.05) is 18.3 Å². The molecule has 4 nitrogen and oxygen atoms in total. The molecule has 2 N–H and O–H groups in total. The molecule has 88 valence electrons. The Hall–Kier alpha value is -1.16. The van der Waals surface area contributed by atoms with E-state index in [-0.39, 0.29) is 0 Å². The number of anilines is 1. The maximum Gasteiger partial charge on any atom is 0.129 e. The Morgan fingerprint density at radius 1 is 1.50 bits per heavy atom. The largest absolute Gasteiger partial charge is 0.370 e. The Labute approximate surface area is 96.9 Å². The predicted molar refractivity (Wildman–Crippen MR) is 65.5 cm³/mol. The van der Waals surface area contributed by atoms with Crippen LogP contribution in [0, 0.1) is 5.92 Å². The number of aryl methyl sites for hydroxylation is 1. The fourth-order valence-corrected chi connectivity index (χ4v) is 2.05. The lowest BCUT2D eigenvalue weighted by atomic mass is 10.1. The standard InChI is InChI=1S/C12H20N4/c1-2-11-7-12(16-9-15-11)14-6-4-10-3-5-13-8-10/h7,9-10,13H,2-6,8H2,1H3,(H,14,15,16). The van der Waals surface area contributed by atoms with Crippen LogP contribution in [0.25, 0.3) is 0 Å². The molecule has 1 aromatic heterocycles. The molecule has 1 aliphatic heterocycles. The first-order valence-electron chi connectivity index (χ1n) is 6.14. The summed E-state index contributed by atoms with van der Waals surface area (Å²) in [7, 11) is 0. The molecular formula is C12H20N4. The molecular weight excluding hydrogens is 200 g/mol. The minimum atomic E-state index is 0.833. The summed E-state index contributed by atoms with van der Waals surface area (Å²) in [6.45, 7) is 5.46. The zero-order valence-electron chi connectivity index (χ0n) is 9.87. The van der Waals surface area contributed by atoms with Crippen LogP contribution in [-0.4, -0.2) is 29.6 Å². The number of hydrogen-bond donors (Lipinski definition) is 2. The van der Waals surface area contributed by atoms with Crippen LogP contribution in [0.3, 0.4) is 0 Å². The van der Waals surface area contributed by atoms with Crippen molar-refractivity contribution in [2.45, 2.75) is 26.2 Å². The van der Waals surface area contributed by atoms with E-state index in [9.17, 15) is 0 Å². The third kappa shape index (κ3) is 3.17. The third-order valence-corrected chi connectivity index (χ3v) is 3.11. The molecule has 0 radical (unpaired) electrons. The van der Waals surface area contributed by atoms with E-state index in [4.69, 9.17) is 0 Å².